The monoisotopic (exact) mass is 242 g/mol. The summed E-state index contributed by atoms with van der Waals surface area (Å²) in [7, 11) is 0. The van der Waals surface area contributed by atoms with E-state index in [-0.39, 0.29) is 23.1 Å². The zero-order chi connectivity index (χ0) is 11.7. The predicted octanol–water partition coefficient (Wildman–Crippen LogP) is -0.113. The summed E-state index contributed by atoms with van der Waals surface area (Å²) in [5, 5.41) is 9.71. The first-order valence-corrected chi connectivity index (χ1v) is 6.17. The van der Waals surface area contributed by atoms with Gasteiger partial charge in [-0.15, -0.1) is 11.8 Å². The highest BCUT2D eigenvalue weighted by Gasteiger charge is 2.24. The summed E-state index contributed by atoms with van der Waals surface area (Å²) in [5.41, 5.74) is -0.503. The van der Waals surface area contributed by atoms with Crippen molar-refractivity contribution >= 4 is 11.8 Å². The molecular formula is C10H14N2O3S. The van der Waals surface area contributed by atoms with Crippen LogP contribution in [-0.2, 0) is 13.1 Å². The highest BCUT2D eigenvalue weighted by atomic mass is 32.2. The summed E-state index contributed by atoms with van der Waals surface area (Å²) in [6.07, 6.45) is 0.755. The second-order valence-electron chi connectivity index (χ2n) is 3.79. The van der Waals surface area contributed by atoms with Crippen molar-refractivity contribution in [3.05, 3.63) is 26.9 Å². The Balaban J connectivity index is 2.50. The second-order valence-corrected chi connectivity index (χ2v) is 5.11. The highest BCUT2D eigenvalue weighted by Crippen LogP contribution is 2.28. The molecule has 2 heterocycles. The number of thioether (sulfide) groups is 1. The molecule has 1 N–H and O–H groups in total. The van der Waals surface area contributed by atoms with Crippen molar-refractivity contribution in [2.75, 3.05) is 6.61 Å². The highest BCUT2D eigenvalue weighted by molar-refractivity contribution is 8.00. The van der Waals surface area contributed by atoms with Gasteiger partial charge >= 0.3 is 5.69 Å². The van der Waals surface area contributed by atoms with E-state index in [4.69, 9.17) is 5.11 Å². The molecule has 1 aliphatic rings. The molecule has 5 nitrogen and oxygen atoms in total. The molecule has 0 saturated carbocycles. The molecule has 0 amide bonds. The molecule has 16 heavy (non-hydrogen) atoms. The molecule has 0 aliphatic carbocycles. The topological polar surface area (TPSA) is 64.2 Å². The van der Waals surface area contributed by atoms with Gasteiger partial charge in [-0.1, -0.05) is 6.92 Å². The van der Waals surface area contributed by atoms with Crippen LogP contribution in [0.5, 0.6) is 0 Å². The third-order valence-electron chi connectivity index (χ3n) is 2.57. The van der Waals surface area contributed by atoms with Gasteiger partial charge in [-0.2, -0.15) is 0 Å². The first kappa shape index (κ1) is 11.5. The van der Waals surface area contributed by atoms with Crippen molar-refractivity contribution in [1.82, 2.24) is 9.13 Å². The smallest absolute Gasteiger partial charge is 0.331 e. The van der Waals surface area contributed by atoms with Crippen LogP contribution in [0.15, 0.2) is 20.7 Å². The van der Waals surface area contributed by atoms with E-state index in [0.29, 0.717) is 18.1 Å². The number of rotatable bonds is 3. The van der Waals surface area contributed by atoms with Gasteiger partial charge in [0.1, 0.15) is 0 Å². The fourth-order valence-corrected chi connectivity index (χ4v) is 2.89. The van der Waals surface area contributed by atoms with E-state index in [2.05, 4.69) is 0 Å². The summed E-state index contributed by atoms with van der Waals surface area (Å²) in [5.74, 6) is 0. The first-order chi connectivity index (χ1) is 7.67. The number of fused-ring (bicyclic) bond motifs is 1. The molecule has 0 saturated heterocycles. The maximum Gasteiger partial charge on any atom is 0.331 e. The minimum absolute atomic E-state index is 0.00965. The molecular weight excluding hydrogens is 228 g/mol. The number of aliphatic hydroxyl groups is 1. The van der Waals surface area contributed by atoms with Crippen LogP contribution < -0.4 is 11.2 Å². The van der Waals surface area contributed by atoms with Crippen molar-refractivity contribution < 1.29 is 5.11 Å². The van der Waals surface area contributed by atoms with E-state index >= 15 is 0 Å². The molecule has 1 aromatic rings. The van der Waals surface area contributed by atoms with Crippen molar-refractivity contribution in [3.63, 3.8) is 0 Å². The van der Waals surface area contributed by atoms with Crippen molar-refractivity contribution in [2.45, 2.75) is 36.7 Å². The van der Waals surface area contributed by atoms with Crippen LogP contribution in [0.3, 0.4) is 0 Å². The molecule has 0 aromatic carbocycles. The van der Waals surface area contributed by atoms with Crippen LogP contribution in [0.2, 0.25) is 0 Å². The fourth-order valence-electron chi connectivity index (χ4n) is 1.80. The van der Waals surface area contributed by atoms with E-state index in [1.807, 2.05) is 6.92 Å². The standard InChI is InChI=1S/C10H14N2O3S/c1-2-3-11-8(14)4-9-12(10(11)15)5-7(6-13)16-9/h4,7,13H,2-3,5-6H2,1H3. The Labute approximate surface area is 96.7 Å². The predicted molar refractivity (Wildman–Crippen MR) is 62.0 cm³/mol. The van der Waals surface area contributed by atoms with Crippen LogP contribution >= 0.6 is 11.8 Å². The molecule has 0 radical (unpaired) electrons. The second kappa shape index (κ2) is 4.47. The summed E-state index contributed by atoms with van der Waals surface area (Å²) in [4.78, 5) is 23.6. The number of aromatic nitrogens is 2. The van der Waals surface area contributed by atoms with E-state index < -0.39 is 0 Å². The largest absolute Gasteiger partial charge is 0.395 e. The lowest BCUT2D eigenvalue weighted by molar-refractivity contribution is 0.286. The van der Waals surface area contributed by atoms with Gasteiger partial charge in [0.2, 0.25) is 0 Å². The fraction of sp³-hybridized carbons (Fsp3) is 0.600. The Hall–Kier alpha value is -1.01. The van der Waals surface area contributed by atoms with Crippen molar-refractivity contribution in [2.24, 2.45) is 0 Å². The molecule has 1 aliphatic heterocycles. The summed E-state index contributed by atoms with van der Waals surface area (Å²) < 4.78 is 2.83. The molecule has 0 bridgehead atoms. The Kier molecular flexibility index (Phi) is 3.20. The van der Waals surface area contributed by atoms with E-state index in [0.717, 1.165) is 6.42 Å². The molecule has 1 atom stereocenters. The molecule has 0 fully saturated rings. The van der Waals surface area contributed by atoms with Crippen LogP contribution in [0, 0.1) is 0 Å². The molecule has 88 valence electrons. The molecule has 6 heteroatoms. The molecule has 2 rings (SSSR count). The third kappa shape index (κ3) is 1.82. The Morgan fingerprint density at radius 1 is 1.56 bits per heavy atom. The lowest BCUT2D eigenvalue weighted by atomic mass is 10.4. The van der Waals surface area contributed by atoms with Gasteiger partial charge in [-0.25, -0.2) is 4.79 Å². The zero-order valence-corrected chi connectivity index (χ0v) is 9.87. The quantitative estimate of drug-likeness (QED) is 0.751. The SMILES string of the molecule is CCCn1c(=O)cc2n(c1=O)CC(CO)S2. The van der Waals surface area contributed by atoms with Crippen molar-refractivity contribution in [1.29, 1.82) is 0 Å². The van der Waals surface area contributed by atoms with Gasteiger partial charge in [0.15, 0.2) is 0 Å². The average molecular weight is 242 g/mol. The minimum Gasteiger partial charge on any atom is -0.395 e. The average Bonchev–Trinajstić information content (AvgIpc) is 2.67. The summed E-state index contributed by atoms with van der Waals surface area (Å²) in [6, 6.07) is 1.48. The molecule has 1 unspecified atom stereocenters. The molecule has 1 aromatic heterocycles. The lowest BCUT2D eigenvalue weighted by Crippen LogP contribution is -2.39. The number of nitrogens with zero attached hydrogens (tertiary/aromatic N) is 2. The minimum atomic E-state index is -0.257. The van der Waals surface area contributed by atoms with E-state index in [9.17, 15) is 9.59 Å². The van der Waals surface area contributed by atoms with Gasteiger partial charge < -0.3 is 5.11 Å². The van der Waals surface area contributed by atoms with Gasteiger partial charge in [0, 0.05) is 19.2 Å². The Morgan fingerprint density at radius 3 is 2.94 bits per heavy atom. The van der Waals surface area contributed by atoms with Gasteiger partial charge in [-0.3, -0.25) is 13.9 Å². The van der Waals surface area contributed by atoms with Crippen LogP contribution in [0.25, 0.3) is 0 Å². The normalized spacial score (nSPS) is 18.8. The van der Waals surface area contributed by atoms with Crippen LogP contribution in [-0.4, -0.2) is 26.1 Å². The summed E-state index contributed by atoms with van der Waals surface area (Å²) >= 11 is 1.39. The van der Waals surface area contributed by atoms with Gasteiger partial charge in [0.05, 0.1) is 16.9 Å². The van der Waals surface area contributed by atoms with Gasteiger partial charge in [-0.05, 0) is 6.42 Å². The van der Waals surface area contributed by atoms with E-state index in [1.54, 1.807) is 4.57 Å². The number of aliphatic hydroxyl groups excluding tert-OH is 1. The Bertz CT molecular complexity index is 506. The van der Waals surface area contributed by atoms with Crippen molar-refractivity contribution in [3.8, 4) is 0 Å². The van der Waals surface area contributed by atoms with Crippen LogP contribution in [0.1, 0.15) is 13.3 Å². The maximum absolute atomic E-state index is 12.0. The molecule has 0 spiro atoms. The number of hydrogen-bond acceptors (Lipinski definition) is 4. The van der Waals surface area contributed by atoms with Gasteiger partial charge in [0.25, 0.3) is 5.56 Å². The Morgan fingerprint density at radius 2 is 2.31 bits per heavy atom. The third-order valence-corrected chi connectivity index (χ3v) is 3.78. The first-order valence-electron chi connectivity index (χ1n) is 5.29. The number of hydrogen-bond donors (Lipinski definition) is 1. The zero-order valence-electron chi connectivity index (χ0n) is 9.05. The van der Waals surface area contributed by atoms with Crippen LogP contribution in [0.4, 0.5) is 0 Å². The summed E-state index contributed by atoms with van der Waals surface area (Å²) in [6.45, 7) is 2.88. The maximum atomic E-state index is 12.0. The van der Waals surface area contributed by atoms with E-state index in [1.165, 1.54) is 22.4 Å². The lowest BCUT2D eigenvalue weighted by Gasteiger charge is -2.06.